The highest BCUT2D eigenvalue weighted by molar-refractivity contribution is 7.16. The van der Waals surface area contributed by atoms with Gasteiger partial charge in [0, 0.05) is 7.05 Å². The van der Waals surface area contributed by atoms with Crippen molar-refractivity contribution < 1.29 is 4.42 Å². The SMILES string of the molecule is C=C(NN=c1sc2ccccc2n1C)c1ccco1. The third-order valence-corrected chi connectivity index (χ3v) is 3.93. The molecule has 19 heavy (non-hydrogen) atoms. The lowest BCUT2D eigenvalue weighted by molar-refractivity contribution is 0.547. The second-order valence-electron chi connectivity index (χ2n) is 4.09. The van der Waals surface area contributed by atoms with Crippen LogP contribution in [0.15, 0.2) is 58.8 Å². The van der Waals surface area contributed by atoms with Crippen molar-refractivity contribution in [3.05, 3.63) is 59.8 Å². The van der Waals surface area contributed by atoms with Gasteiger partial charge in [-0.1, -0.05) is 30.0 Å². The normalized spacial score (nSPS) is 11.9. The minimum absolute atomic E-state index is 0.641. The maximum Gasteiger partial charge on any atom is 0.208 e. The van der Waals surface area contributed by atoms with Crippen LogP contribution >= 0.6 is 11.3 Å². The summed E-state index contributed by atoms with van der Waals surface area (Å²) in [6.45, 7) is 3.89. The molecule has 96 valence electrons. The quantitative estimate of drug-likeness (QED) is 0.744. The lowest BCUT2D eigenvalue weighted by Gasteiger charge is -2.00. The fourth-order valence-electron chi connectivity index (χ4n) is 1.81. The van der Waals surface area contributed by atoms with Gasteiger partial charge in [-0.05, 0) is 24.3 Å². The average molecular weight is 271 g/mol. The largest absolute Gasteiger partial charge is 0.463 e. The molecule has 5 heteroatoms. The minimum atomic E-state index is 0.641. The lowest BCUT2D eigenvalue weighted by atomic mass is 10.3. The van der Waals surface area contributed by atoms with Crippen molar-refractivity contribution >= 4 is 27.3 Å². The highest BCUT2D eigenvalue weighted by Gasteiger charge is 2.02. The number of rotatable bonds is 3. The van der Waals surface area contributed by atoms with Gasteiger partial charge in [0.1, 0.15) is 0 Å². The molecule has 0 aliphatic heterocycles. The van der Waals surface area contributed by atoms with Crippen LogP contribution in [0.3, 0.4) is 0 Å². The number of aryl methyl sites for hydroxylation is 1. The monoisotopic (exact) mass is 271 g/mol. The first kappa shape index (κ1) is 11.8. The van der Waals surface area contributed by atoms with Crippen molar-refractivity contribution in [3.8, 4) is 0 Å². The third kappa shape index (κ3) is 2.20. The van der Waals surface area contributed by atoms with Gasteiger partial charge >= 0.3 is 0 Å². The number of hydrogen-bond donors (Lipinski definition) is 1. The van der Waals surface area contributed by atoms with Crippen LogP contribution in [0.2, 0.25) is 0 Å². The van der Waals surface area contributed by atoms with Crippen molar-refractivity contribution in [2.45, 2.75) is 0 Å². The summed E-state index contributed by atoms with van der Waals surface area (Å²) in [5, 5.41) is 4.37. The molecule has 0 unspecified atom stereocenters. The van der Waals surface area contributed by atoms with E-state index in [0.29, 0.717) is 11.5 Å². The van der Waals surface area contributed by atoms with Crippen molar-refractivity contribution in [2.24, 2.45) is 12.1 Å². The van der Waals surface area contributed by atoms with Crippen LogP contribution < -0.4 is 10.2 Å². The van der Waals surface area contributed by atoms with E-state index < -0.39 is 0 Å². The highest BCUT2D eigenvalue weighted by Crippen LogP contribution is 2.15. The van der Waals surface area contributed by atoms with Gasteiger partial charge in [-0.15, -0.1) is 5.10 Å². The van der Waals surface area contributed by atoms with Gasteiger partial charge in [-0.2, -0.15) is 0 Å². The summed E-state index contributed by atoms with van der Waals surface area (Å²) < 4.78 is 8.49. The molecule has 3 aromatic rings. The molecule has 0 aliphatic rings. The van der Waals surface area contributed by atoms with Gasteiger partial charge in [0.25, 0.3) is 0 Å². The van der Waals surface area contributed by atoms with Crippen molar-refractivity contribution in [1.82, 2.24) is 9.99 Å². The van der Waals surface area contributed by atoms with Crippen LogP contribution in [0.1, 0.15) is 5.76 Å². The number of benzene rings is 1. The molecule has 0 bridgehead atoms. The number of fused-ring (bicyclic) bond motifs is 1. The molecule has 0 spiro atoms. The zero-order chi connectivity index (χ0) is 13.2. The smallest absolute Gasteiger partial charge is 0.208 e. The fourth-order valence-corrected chi connectivity index (χ4v) is 2.79. The topological polar surface area (TPSA) is 42.5 Å². The number of thiazole rings is 1. The maximum absolute atomic E-state index is 5.25. The number of furan rings is 1. The molecule has 4 nitrogen and oxygen atoms in total. The molecular weight excluding hydrogens is 258 g/mol. The van der Waals surface area contributed by atoms with Crippen LogP contribution in [-0.2, 0) is 7.05 Å². The Morgan fingerprint density at radius 2 is 2.16 bits per heavy atom. The summed E-state index contributed by atoms with van der Waals surface area (Å²) in [5.74, 6) is 0.688. The molecule has 2 heterocycles. The first-order chi connectivity index (χ1) is 9.25. The summed E-state index contributed by atoms with van der Waals surface area (Å²) in [7, 11) is 2.00. The van der Waals surface area contributed by atoms with Crippen LogP contribution in [-0.4, -0.2) is 4.57 Å². The summed E-state index contributed by atoms with van der Waals surface area (Å²) in [4.78, 5) is 0.883. The van der Waals surface area contributed by atoms with Gasteiger partial charge in [-0.25, -0.2) is 0 Å². The van der Waals surface area contributed by atoms with E-state index >= 15 is 0 Å². The molecule has 3 rings (SSSR count). The molecule has 0 aliphatic carbocycles. The Balaban J connectivity index is 1.94. The van der Waals surface area contributed by atoms with E-state index in [2.05, 4.69) is 29.2 Å². The summed E-state index contributed by atoms with van der Waals surface area (Å²) >= 11 is 1.63. The molecular formula is C14H13N3OS. The summed E-state index contributed by atoms with van der Waals surface area (Å²) in [6.07, 6.45) is 1.61. The van der Waals surface area contributed by atoms with Gasteiger partial charge in [-0.3, -0.25) is 5.43 Å². The van der Waals surface area contributed by atoms with E-state index in [4.69, 9.17) is 4.42 Å². The van der Waals surface area contributed by atoms with Crippen molar-refractivity contribution in [1.29, 1.82) is 0 Å². The second-order valence-corrected chi connectivity index (χ2v) is 5.10. The molecule has 0 saturated carbocycles. The number of aromatic nitrogens is 1. The Labute approximate surface area is 114 Å². The molecule has 0 atom stereocenters. The van der Waals surface area contributed by atoms with Gasteiger partial charge in [0.15, 0.2) is 5.76 Å². The third-order valence-electron chi connectivity index (χ3n) is 2.82. The Bertz CT molecular complexity index is 780. The molecule has 0 fully saturated rings. The fraction of sp³-hybridized carbons (Fsp3) is 0.0714. The Morgan fingerprint density at radius 1 is 1.32 bits per heavy atom. The van der Waals surface area contributed by atoms with E-state index in [9.17, 15) is 0 Å². The Morgan fingerprint density at radius 3 is 2.89 bits per heavy atom. The molecule has 0 amide bonds. The van der Waals surface area contributed by atoms with Crippen LogP contribution in [0.4, 0.5) is 0 Å². The predicted octanol–water partition coefficient (Wildman–Crippen LogP) is 2.91. The van der Waals surface area contributed by atoms with Crippen LogP contribution in [0, 0.1) is 0 Å². The zero-order valence-electron chi connectivity index (χ0n) is 10.5. The second kappa shape index (κ2) is 4.78. The van der Waals surface area contributed by atoms with Gasteiger partial charge < -0.3 is 8.98 Å². The van der Waals surface area contributed by atoms with E-state index in [1.165, 1.54) is 4.70 Å². The highest BCUT2D eigenvalue weighted by atomic mass is 32.1. The van der Waals surface area contributed by atoms with Crippen LogP contribution in [0.25, 0.3) is 15.9 Å². The van der Waals surface area contributed by atoms with E-state index in [1.807, 2.05) is 35.9 Å². The van der Waals surface area contributed by atoms with Crippen molar-refractivity contribution in [3.63, 3.8) is 0 Å². The summed E-state index contributed by atoms with van der Waals surface area (Å²) in [6, 6.07) is 11.9. The zero-order valence-corrected chi connectivity index (χ0v) is 11.3. The summed E-state index contributed by atoms with van der Waals surface area (Å²) in [5.41, 5.74) is 4.73. The Hall–Kier alpha value is -2.27. The predicted molar refractivity (Wildman–Crippen MR) is 77.2 cm³/mol. The van der Waals surface area contributed by atoms with E-state index in [0.717, 1.165) is 10.3 Å². The number of para-hydroxylation sites is 1. The molecule has 0 saturated heterocycles. The first-order valence-electron chi connectivity index (χ1n) is 5.83. The maximum atomic E-state index is 5.25. The van der Waals surface area contributed by atoms with E-state index in [1.54, 1.807) is 17.6 Å². The van der Waals surface area contributed by atoms with Crippen molar-refractivity contribution in [2.75, 3.05) is 0 Å². The number of nitrogens with one attached hydrogen (secondary N) is 1. The van der Waals surface area contributed by atoms with Gasteiger partial charge in [0.05, 0.1) is 22.2 Å². The lowest BCUT2D eigenvalue weighted by Crippen LogP contribution is -2.16. The average Bonchev–Trinajstić information content (AvgIpc) is 3.05. The minimum Gasteiger partial charge on any atom is -0.463 e. The standard InChI is InChI=1S/C14H13N3OS/c1-10(12-7-5-9-18-12)15-16-14-17(2)11-6-3-4-8-13(11)19-14/h3-9,15H,1H2,2H3. The van der Waals surface area contributed by atoms with E-state index in [-0.39, 0.29) is 0 Å². The molecule has 2 aromatic heterocycles. The Kier molecular flexibility index (Phi) is 2.97. The molecule has 1 aromatic carbocycles. The number of hydrogen-bond acceptors (Lipinski definition) is 4. The molecule has 1 N–H and O–H groups in total. The van der Waals surface area contributed by atoms with Gasteiger partial charge in [0.2, 0.25) is 4.80 Å². The molecule has 0 radical (unpaired) electrons. The number of nitrogens with zero attached hydrogens (tertiary/aromatic N) is 2. The first-order valence-corrected chi connectivity index (χ1v) is 6.64. The van der Waals surface area contributed by atoms with Crippen LogP contribution in [0.5, 0.6) is 0 Å².